The van der Waals surface area contributed by atoms with Gasteiger partial charge in [-0.1, -0.05) is 34.1 Å². The van der Waals surface area contributed by atoms with E-state index >= 15 is 4.39 Å². The smallest absolute Gasteiger partial charge is 0.303 e. The molecule has 0 aromatic carbocycles. The summed E-state index contributed by atoms with van der Waals surface area (Å²) >= 11 is 0. The summed E-state index contributed by atoms with van der Waals surface area (Å²) < 4.78 is 22.9. The van der Waals surface area contributed by atoms with Crippen LogP contribution in [-0.2, 0) is 9.22 Å². The highest BCUT2D eigenvalue weighted by Gasteiger charge is 2.67. The molecule has 6 heteroatoms. The first-order chi connectivity index (χ1) is 16.2. The fourth-order valence-corrected chi connectivity index (χ4v) is 11.2. The highest BCUT2D eigenvalue weighted by Crippen LogP contribution is 2.70. The van der Waals surface area contributed by atoms with Crippen molar-refractivity contribution in [2.75, 3.05) is 0 Å². The maximum atomic E-state index is 15.9. The molecule has 0 unspecified atom stereocenters. The van der Waals surface area contributed by atoms with Crippen LogP contribution in [0.4, 0.5) is 4.39 Å². The van der Waals surface area contributed by atoms with Crippen molar-refractivity contribution in [1.29, 1.82) is 0 Å². The molecule has 0 saturated heterocycles. The molecule has 0 amide bonds. The van der Waals surface area contributed by atoms with Gasteiger partial charge in [-0.3, -0.25) is 4.79 Å². The molecule has 0 aromatic rings. The molecule has 0 radical (unpaired) electrons. The zero-order valence-electron chi connectivity index (χ0n) is 23.2. The van der Waals surface area contributed by atoms with Crippen LogP contribution in [0.3, 0.4) is 0 Å². The van der Waals surface area contributed by atoms with Crippen molar-refractivity contribution in [3.05, 3.63) is 0 Å². The Morgan fingerprint density at radius 1 is 1.09 bits per heavy atom. The van der Waals surface area contributed by atoms with Crippen molar-refractivity contribution >= 4 is 14.3 Å². The molecule has 202 valence electrons. The molecule has 35 heavy (non-hydrogen) atoms. The van der Waals surface area contributed by atoms with Crippen LogP contribution in [-0.4, -0.2) is 42.9 Å². The number of halogens is 1. The zero-order chi connectivity index (χ0) is 25.9. The maximum Gasteiger partial charge on any atom is 0.303 e. The van der Waals surface area contributed by atoms with Crippen molar-refractivity contribution in [1.82, 2.24) is 0 Å². The molecule has 4 rings (SSSR count). The first-order valence-corrected chi connectivity index (χ1v) is 17.9. The molecule has 0 bridgehead atoms. The number of aliphatic hydroxyl groups is 1. The van der Waals surface area contributed by atoms with Crippen LogP contribution in [0.2, 0.25) is 19.6 Å². The van der Waals surface area contributed by atoms with Gasteiger partial charge in [0.25, 0.3) is 0 Å². The predicted octanol–water partition coefficient (Wildman–Crippen LogP) is 6.92. The van der Waals surface area contributed by atoms with Crippen molar-refractivity contribution in [2.45, 2.75) is 124 Å². The van der Waals surface area contributed by atoms with E-state index in [1.165, 1.54) is 12.8 Å². The zero-order valence-corrected chi connectivity index (χ0v) is 24.2. The summed E-state index contributed by atoms with van der Waals surface area (Å²) in [5, 5.41) is 19.9. The van der Waals surface area contributed by atoms with Gasteiger partial charge in [0.1, 0.15) is 6.17 Å². The lowest BCUT2D eigenvalue weighted by Gasteiger charge is -2.66. The molecule has 0 heterocycles. The Morgan fingerprint density at radius 2 is 1.71 bits per heavy atom. The van der Waals surface area contributed by atoms with Crippen LogP contribution in [0.5, 0.6) is 0 Å². The van der Waals surface area contributed by atoms with Crippen LogP contribution in [0.1, 0.15) is 85.5 Å². The Hall–Kier alpha value is -0.463. The second kappa shape index (κ2) is 9.69. The van der Waals surface area contributed by atoms with Crippen molar-refractivity contribution in [3.63, 3.8) is 0 Å². The van der Waals surface area contributed by atoms with Gasteiger partial charge in [0, 0.05) is 12.3 Å². The van der Waals surface area contributed by atoms with E-state index in [1.807, 2.05) is 0 Å². The van der Waals surface area contributed by atoms with Gasteiger partial charge in [0.2, 0.25) is 0 Å². The Balaban J connectivity index is 1.73. The van der Waals surface area contributed by atoms with Crippen LogP contribution in [0.15, 0.2) is 0 Å². The number of aliphatic hydroxyl groups excluding tert-OH is 1. The second-order valence-corrected chi connectivity index (χ2v) is 18.7. The quantitative estimate of drug-likeness (QED) is 0.365. The van der Waals surface area contributed by atoms with Gasteiger partial charge < -0.3 is 14.6 Å². The fraction of sp³-hybridized carbons (Fsp3) is 0.966. The first kappa shape index (κ1) is 27.6. The lowest BCUT2D eigenvalue weighted by atomic mass is 9.41. The van der Waals surface area contributed by atoms with Crippen LogP contribution < -0.4 is 0 Å². The van der Waals surface area contributed by atoms with E-state index in [1.54, 1.807) is 0 Å². The molecule has 4 saturated carbocycles. The molecule has 4 aliphatic carbocycles. The van der Waals surface area contributed by atoms with Crippen molar-refractivity contribution < 1.29 is 23.8 Å². The van der Waals surface area contributed by atoms with Gasteiger partial charge in [0.15, 0.2) is 8.32 Å². The number of carboxylic acid groups (broad SMARTS) is 1. The molecule has 4 nitrogen and oxygen atoms in total. The minimum atomic E-state index is -1.88. The summed E-state index contributed by atoms with van der Waals surface area (Å²) in [4.78, 5) is 11.3. The Kier molecular flexibility index (Phi) is 7.63. The predicted molar refractivity (Wildman–Crippen MR) is 140 cm³/mol. The highest BCUT2D eigenvalue weighted by atomic mass is 28.4. The third kappa shape index (κ3) is 4.67. The monoisotopic (exact) mass is 510 g/mol. The number of carbonyl (C=O) groups is 1. The molecule has 4 aliphatic rings. The van der Waals surface area contributed by atoms with Crippen molar-refractivity contribution in [2.24, 2.45) is 52.3 Å². The average Bonchev–Trinajstić information content (AvgIpc) is 3.12. The largest absolute Gasteiger partial charge is 0.481 e. The number of carboxylic acids is 1. The number of fused-ring (bicyclic) bond motifs is 5. The summed E-state index contributed by atoms with van der Waals surface area (Å²) in [5.41, 5.74) is 0.114. The molecule has 12 atom stereocenters. The minimum Gasteiger partial charge on any atom is -0.481 e. The first-order valence-electron chi connectivity index (χ1n) is 14.5. The van der Waals surface area contributed by atoms with Gasteiger partial charge in [-0.15, -0.1) is 0 Å². The molecular weight excluding hydrogens is 459 g/mol. The fourth-order valence-electron chi connectivity index (χ4n) is 10.0. The number of hydrogen-bond acceptors (Lipinski definition) is 3. The molecule has 2 N–H and O–H groups in total. The van der Waals surface area contributed by atoms with E-state index in [-0.39, 0.29) is 35.2 Å². The second-order valence-electron chi connectivity index (χ2n) is 14.3. The maximum absolute atomic E-state index is 15.9. The van der Waals surface area contributed by atoms with E-state index in [4.69, 9.17) is 4.43 Å². The number of alkyl halides is 1. The Labute approximate surface area is 213 Å². The minimum absolute atomic E-state index is 0.0657. The number of rotatable bonds is 7. The van der Waals surface area contributed by atoms with Crippen LogP contribution in [0, 0.1) is 52.3 Å². The third-order valence-electron chi connectivity index (χ3n) is 11.4. The highest BCUT2D eigenvalue weighted by molar-refractivity contribution is 6.69. The van der Waals surface area contributed by atoms with E-state index in [0.717, 1.165) is 32.1 Å². The summed E-state index contributed by atoms with van der Waals surface area (Å²) in [5.74, 6) is 1.70. The average molecular weight is 511 g/mol. The van der Waals surface area contributed by atoms with E-state index in [2.05, 4.69) is 47.3 Å². The third-order valence-corrected chi connectivity index (χ3v) is 12.4. The van der Waals surface area contributed by atoms with Gasteiger partial charge in [-0.05, 0) is 111 Å². The normalized spacial score (nSPS) is 48.5. The van der Waals surface area contributed by atoms with E-state index in [0.29, 0.717) is 36.0 Å². The Morgan fingerprint density at radius 3 is 2.31 bits per heavy atom. The SMILES string of the molecule is CC[C@H]1[C@@H](O[Si](C)(C)C)[C@@H]2[C@H](CC[C@]3(C)[C@@H]([C@H](C)CCC(=O)O)CC[C@@H]23)[C@@]2(C)CC[C@@H](O)[C@H](F)[C@@H]12. The lowest BCUT2D eigenvalue weighted by molar-refractivity contribution is -0.218. The van der Waals surface area contributed by atoms with Gasteiger partial charge in [-0.2, -0.15) is 0 Å². The van der Waals surface area contributed by atoms with Gasteiger partial charge in [0.05, 0.1) is 12.2 Å². The number of aliphatic carboxylic acids is 1. The standard InChI is InChI=1S/C29H51FO4Si/c1-8-18-25-26(30)22(31)14-16-29(25,4)21-13-15-28(3)19(17(2)9-12-23(32)33)10-11-20(28)24(21)27(18)34-35(5,6)7/h17-22,24-27,31H,8-16H2,1-7H3,(H,32,33)/t17-,18-,19-,20+,21+,22-,24+,25-,26+,27-,28-,29-/m1/s1. The van der Waals surface area contributed by atoms with E-state index < -0.39 is 26.6 Å². The van der Waals surface area contributed by atoms with Crippen LogP contribution >= 0.6 is 0 Å². The molecule has 0 aromatic heterocycles. The Bertz CT molecular complexity index is 785. The molecule has 0 spiro atoms. The summed E-state index contributed by atoms with van der Waals surface area (Å²) in [6, 6.07) is 0. The van der Waals surface area contributed by atoms with Gasteiger partial charge >= 0.3 is 5.97 Å². The van der Waals surface area contributed by atoms with E-state index in [9.17, 15) is 15.0 Å². The summed E-state index contributed by atoms with van der Waals surface area (Å²) in [6.45, 7) is 16.1. The molecule has 4 fully saturated rings. The summed E-state index contributed by atoms with van der Waals surface area (Å²) in [6.07, 6.45) is 6.08. The lowest BCUT2D eigenvalue weighted by Crippen LogP contribution is -2.66. The molecule has 0 aliphatic heterocycles. The molecular formula is C29H51FO4Si. The van der Waals surface area contributed by atoms with Crippen LogP contribution in [0.25, 0.3) is 0 Å². The topological polar surface area (TPSA) is 66.8 Å². The number of hydrogen-bond donors (Lipinski definition) is 2. The van der Waals surface area contributed by atoms with Crippen molar-refractivity contribution in [3.8, 4) is 0 Å². The summed E-state index contributed by atoms with van der Waals surface area (Å²) in [7, 11) is -1.88. The van der Waals surface area contributed by atoms with Gasteiger partial charge in [-0.25, -0.2) is 4.39 Å².